The van der Waals surface area contributed by atoms with E-state index in [1.165, 1.54) is 24.3 Å². The molecule has 132 valence electrons. The number of nitrogens with one attached hydrogen (secondary N) is 4. The second kappa shape index (κ2) is 8.45. The minimum absolute atomic E-state index is 0.183. The molecule has 4 N–H and O–H groups in total. The monoisotopic (exact) mass is 378 g/mol. The van der Waals surface area contributed by atoms with Crippen LogP contribution in [-0.4, -0.2) is 25.8 Å². The van der Waals surface area contributed by atoms with E-state index in [1.54, 1.807) is 0 Å². The summed E-state index contributed by atoms with van der Waals surface area (Å²) in [7, 11) is -3.26. The van der Waals surface area contributed by atoms with Gasteiger partial charge in [-0.25, -0.2) is 18.6 Å². The van der Waals surface area contributed by atoms with Crippen molar-refractivity contribution in [3.8, 4) is 0 Å². The van der Waals surface area contributed by atoms with E-state index in [2.05, 4.69) is 21.5 Å². The van der Waals surface area contributed by atoms with Crippen LogP contribution in [0.5, 0.6) is 0 Å². The molecule has 0 spiro atoms. The van der Waals surface area contributed by atoms with Gasteiger partial charge in [-0.1, -0.05) is 30.3 Å². The Kier molecular flexibility index (Phi) is 6.31. The maximum atomic E-state index is 11.8. The molecule has 2 rings (SSSR count). The second-order valence-corrected chi connectivity index (χ2v) is 7.59. The van der Waals surface area contributed by atoms with Gasteiger partial charge in [0, 0.05) is 18.5 Å². The van der Waals surface area contributed by atoms with Gasteiger partial charge in [0.25, 0.3) is 0 Å². The van der Waals surface area contributed by atoms with E-state index < -0.39 is 15.9 Å². The third kappa shape index (κ3) is 6.40. The number of hydrazine groups is 1. The van der Waals surface area contributed by atoms with E-state index in [0.717, 1.165) is 11.8 Å². The molecule has 0 aliphatic heterocycles. The second-order valence-electron chi connectivity index (χ2n) is 5.17. The number of sulfone groups is 1. The molecule has 0 fully saturated rings. The van der Waals surface area contributed by atoms with Crippen molar-refractivity contribution in [2.45, 2.75) is 11.4 Å². The summed E-state index contributed by atoms with van der Waals surface area (Å²) < 4.78 is 22.8. The van der Waals surface area contributed by atoms with Gasteiger partial charge in [-0.2, -0.15) is 0 Å². The van der Waals surface area contributed by atoms with Crippen molar-refractivity contribution in [1.29, 1.82) is 0 Å². The fourth-order valence-electron chi connectivity index (χ4n) is 1.88. The fraction of sp³-hybridized carbons (Fsp3) is 0.125. The minimum Gasteiger partial charge on any atom is -0.357 e. The van der Waals surface area contributed by atoms with Crippen LogP contribution in [0.2, 0.25) is 0 Å². The number of hydrogen-bond acceptors (Lipinski definition) is 4. The van der Waals surface area contributed by atoms with Gasteiger partial charge >= 0.3 is 6.03 Å². The summed E-state index contributed by atoms with van der Waals surface area (Å²) >= 11 is 5.06. The summed E-state index contributed by atoms with van der Waals surface area (Å²) in [5.41, 5.74) is 6.47. The van der Waals surface area contributed by atoms with Gasteiger partial charge in [-0.05, 0) is 42.0 Å². The normalized spacial score (nSPS) is 10.6. The van der Waals surface area contributed by atoms with Gasteiger partial charge in [0.05, 0.1) is 4.90 Å². The molecule has 0 bridgehead atoms. The summed E-state index contributed by atoms with van der Waals surface area (Å²) in [6.07, 6.45) is 1.12. The molecule has 2 aromatic rings. The van der Waals surface area contributed by atoms with E-state index in [4.69, 9.17) is 12.2 Å². The number of rotatable bonds is 4. The zero-order chi connectivity index (χ0) is 18.3. The first kappa shape index (κ1) is 18.7. The largest absolute Gasteiger partial charge is 0.357 e. The van der Waals surface area contributed by atoms with Crippen LogP contribution < -0.4 is 21.5 Å². The summed E-state index contributed by atoms with van der Waals surface area (Å²) in [5.74, 6) is 0. The van der Waals surface area contributed by atoms with E-state index >= 15 is 0 Å². The van der Waals surface area contributed by atoms with Crippen LogP contribution in [0.25, 0.3) is 0 Å². The zero-order valence-corrected chi connectivity index (χ0v) is 15.1. The van der Waals surface area contributed by atoms with Gasteiger partial charge in [0.15, 0.2) is 14.9 Å². The van der Waals surface area contributed by atoms with E-state index in [9.17, 15) is 13.2 Å². The number of thiocarbonyl (C=S) groups is 1. The van der Waals surface area contributed by atoms with Gasteiger partial charge in [-0.15, -0.1) is 0 Å². The van der Waals surface area contributed by atoms with Crippen LogP contribution in [-0.2, 0) is 16.4 Å². The number of amides is 2. The van der Waals surface area contributed by atoms with Crippen molar-refractivity contribution in [2.24, 2.45) is 0 Å². The summed E-state index contributed by atoms with van der Waals surface area (Å²) in [6.45, 7) is 0.531. The number of hydrogen-bond donors (Lipinski definition) is 4. The highest BCUT2D eigenvalue weighted by Gasteiger charge is 2.07. The lowest BCUT2D eigenvalue weighted by atomic mass is 10.2. The molecule has 0 unspecified atom stereocenters. The number of carbonyl (C=O) groups is 1. The molecular weight excluding hydrogens is 360 g/mol. The first-order valence-electron chi connectivity index (χ1n) is 7.29. The fourth-order valence-corrected chi connectivity index (χ4v) is 2.64. The average Bonchev–Trinajstić information content (AvgIpc) is 2.59. The standard InChI is InChI=1S/C16H18N4O3S2/c1-25(22,23)14-9-7-13(8-10-14)18-15(21)19-20-16(24)17-11-12-5-3-2-4-6-12/h2-10H,11H2,1H3,(H2,17,20,24)(H2,18,19,21). The lowest BCUT2D eigenvalue weighted by molar-refractivity contribution is 0.250. The summed E-state index contributed by atoms with van der Waals surface area (Å²) in [4.78, 5) is 12.0. The predicted octanol–water partition coefficient (Wildman–Crippen LogP) is 1.79. The van der Waals surface area contributed by atoms with Crippen molar-refractivity contribution in [3.63, 3.8) is 0 Å². The molecule has 0 aliphatic carbocycles. The van der Waals surface area contributed by atoms with E-state index in [1.807, 2.05) is 30.3 Å². The number of benzene rings is 2. The molecule has 7 nitrogen and oxygen atoms in total. The number of anilines is 1. The Morgan fingerprint density at radius 3 is 2.24 bits per heavy atom. The first-order valence-corrected chi connectivity index (χ1v) is 9.59. The molecule has 0 aromatic heterocycles. The molecule has 2 aromatic carbocycles. The van der Waals surface area contributed by atoms with E-state index in [0.29, 0.717) is 12.2 Å². The molecule has 0 heterocycles. The SMILES string of the molecule is CS(=O)(=O)c1ccc(NC(=O)NNC(=S)NCc2ccccc2)cc1. The van der Waals surface area contributed by atoms with E-state index in [-0.39, 0.29) is 10.0 Å². The smallest absolute Gasteiger partial charge is 0.337 e. The molecule has 0 atom stereocenters. The Morgan fingerprint density at radius 2 is 1.64 bits per heavy atom. The molecule has 0 saturated heterocycles. The molecule has 2 amide bonds. The van der Waals surface area contributed by atoms with Crippen LogP contribution in [0.1, 0.15) is 5.56 Å². The van der Waals surface area contributed by atoms with Gasteiger partial charge < -0.3 is 10.6 Å². The summed E-state index contributed by atoms with van der Waals surface area (Å²) in [5, 5.41) is 5.78. The van der Waals surface area contributed by atoms with Crippen molar-refractivity contribution in [2.75, 3.05) is 11.6 Å². The van der Waals surface area contributed by atoms with Crippen molar-refractivity contribution < 1.29 is 13.2 Å². The van der Waals surface area contributed by atoms with Crippen LogP contribution in [0, 0.1) is 0 Å². The lowest BCUT2D eigenvalue weighted by Crippen LogP contribution is -2.48. The lowest BCUT2D eigenvalue weighted by Gasteiger charge is -2.12. The first-order chi connectivity index (χ1) is 11.8. The van der Waals surface area contributed by atoms with Crippen LogP contribution in [0.4, 0.5) is 10.5 Å². The maximum absolute atomic E-state index is 11.8. The molecule has 0 radical (unpaired) electrons. The zero-order valence-electron chi connectivity index (χ0n) is 13.4. The number of carbonyl (C=O) groups excluding carboxylic acids is 1. The Morgan fingerprint density at radius 1 is 1.00 bits per heavy atom. The maximum Gasteiger partial charge on any atom is 0.337 e. The van der Waals surface area contributed by atoms with Crippen molar-refractivity contribution in [3.05, 3.63) is 60.2 Å². The quantitative estimate of drug-likeness (QED) is 0.478. The van der Waals surface area contributed by atoms with Crippen molar-refractivity contribution >= 4 is 38.9 Å². The third-order valence-electron chi connectivity index (χ3n) is 3.13. The molecular formula is C16H18N4O3S2. The predicted molar refractivity (Wildman–Crippen MR) is 101 cm³/mol. The topological polar surface area (TPSA) is 99.3 Å². The van der Waals surface area contributed by atoms with Gasteiger partial charge in [0.1, 0.15) is 0 Å². The Balaban J connectivity index is 1.75. The van der Waals surface area contributed by atoms with Crippen LogP contribution in [0.15, 0.2) is 59.5 Å². The third-order valence-corrected chi connectivity index (χ3v) is 4.50. The molecule has 9 heteroatoms. The van der Waals surface area contributed by atoms with Crippen LogP contribution in [0.3, 0.4) is 0 Å². The highest BCUT2D eigenvalue weighted by Crippen LogP contribution is 2.13. The molecule has 0 aliphatic rings. The Labute approximate surface area is 151 Å². The number of urea groups is 1. The van der Waals surface area contributed by atoms with Crippen molar-refractivity contribution in [1.82, 2.24) is 16.2 Å². The van der Waals surface area contributed by atoms with Gasteiger partial charge in [0.2, 0.25) is 0 Å². The minimum atomic E-state index is -3.26. The molecule has 25 heavy (non-hydrogen) atoms. The Bertz CT molecular complexity index is 837. The van der Waals surface area contributed by atoms with Crippen LogP contribution >= 0.6 is 12.2 Å². The summed E-state index contributed by atoms with van der Waals surface area (Å²) in [6, 6.07) is 15.0. The highest BCUT2D eigenvalue weighted by atomic mass is 32.2. The average molecular weight is 378 g/mol. The van der Waals surface area contributed by atoms with Gasteiger partial charge in [-0.3, -0.25) is 5.43 Å². The molecule has 0 saturated carbocycles. The highest BCUT2D eigenvalue weighted by molar-refractivity contribution is 7.90. The Hall–Kier alpha value is -2.65.